The van der Waals surface area contributed by atoms with Crippen molar-refractivity contribution >= 4 is 0 Å². The second kappa shape index (κ2) is 4.70. The molecule has 0 amide bonds. The monoisotopic (exact) mass is 160 g/mol. The van der Waals surface area contributed by atoms with Gasteiger partial charge in [-0.25, -0.2) is 0 Å². The molecule has 1 heterocycles. The molecule has 0 aliphatic carbocycles. The zero-order valence-corrected chi connectivity index (χ0v) is 7.21. The summed E-state index contributed by atoms with van der Waals surface area (Å²) in [6.07, 6.45) is 0.423. The SMILES string of the molecule is CC(C)OC[C@@H]1COCCO1. The van der Waals surface area contributed by atoms with Gasteiger partial charge in [-0.3, -0.25) is 0 Å². The minimum absolute atomic E-state index is 0.145. The molecule has 3 heteroatoms. The summed E-state index contributed by atoms with van der Waals surface area (Å²) >= 11 is 0. The molecule has 66 valence electrons. The lowest BCUT2D eigenvalue weighted by molar-refractivity contribution is -0.121. The first kappa shape index (κ1) is 8.97. The van der Waals surface area contributed by atoms with E-state index in [1.165, 1.54) is 0 Å². The second-order valence-corrected chi connectivity index (χ2v) is 2.95. The van der Waals surface area contributed by atoms with Gasteiger partial charge in [0.25, 0.3) is 0 Å². The molecular weight excluding hydrogens is 144 g/mol. The fraction of sp³-hybridized carbons (Fsp3) is 1.00. The van der Waals surface area contributed by atoms with E-state index in [9.17, 15) is 0 Å². The van der Waals surface area contributed by atoms with Gasteiger partial charge in [0.15, 0.2) is 0 Å². The van der Waals surface area contributed by atoms with Gasteiger partial charge in [0.1, 0.15) is 6.10 Å². The van der Waals surface area contributed by atoms with Crippen LogP contribution in [0.3, 0.4) is 0 Å². The van der Waals surface area contributed by atoms with Crippen LogP contribution in [0.4, 0.5) is 0 Å². The molecule has 1 aliphatic heterocycles. The number of hydrogen-bond donors (Lipinski definition) is 0. The maximum absolute atomic E-state index is 5.38. The van der Waals surface area contributed by atoms with Crippen LogP contribution in [-0.2, 0) is 14.2 Å². The van der Waals surface area contributed by atoms with Crippen molar-refractivity contribution in [3.05, 3.63) is 0 Å². The van der Waals surface area contributed by atoms with Gasteiger partial charge in [-0.2, -0.15) is 0 Å². The van der Waals surface area contributed by atoms with Crippen molar-refractivity contribution in [3.63, 3.8) is 0 Å². The molecule has 0 N–H and O–H groups in total. The maximum atomic E-state index is 5.38. The van der Waals surface area contributed by atoms with E-state index < -0.39 is 0 Å². The van der Waals surface area contributed by atoms with Crippen molar-refractivity contribution in [2.45, 2.75) is 26.1 Å². The molecule has 1 saturated heterocycles. The lowest BCUT2D eigenvalue weighted by atomic mass is 10.3. The number of hydrogen-bond acceptors (Lipinski definition) is 3. The smallest absolute Gasteiger partial charge is 0.104 e. The first-order valence-corrected chi connectivity index (χ1v) is 4.10. The Labute approximate surface area is 67.6 Å². The topological polar surface area (TPSA) is 27.7 Å². The Kier molecular flexibility index (Phi) is 3.83. The highest BCUT2D eigenvalue weighted by Crippen LogP contribution is 2.02. The Hall–Kier alpha value is -0.120. The van der Waals surface area contributed by atoms with Gasteiger partial charge in [0.2, 0.25) is 0 Å². The third kappa shape index (κ3) is 3.70. The molecule has 1 aliphatic rings. The Morgan fingerprint density at radius 1 is 1.45 bits per heavy atom. The zero-order chi connectivity index (χ0) is 8.10. The quantitative estimate of drug-likeness (QED) is 0.612. The summed E-state index contributed by atoms with van der Waals surface area (Å²) in [5.74, 6) is 0. The van der Waals surface area contributed by atoms with Gasteiger partial charge in [-0.1, -0.05) is 0 Å². The fourth-order valence-electron chi connectivity index (χ4n) is 0.933. The Morgan fingerprint density at radius 3 is 2.82 bits per heavy atom. The van der Waals surface area contributed by atoms with Crippen LogP contribution >= 0.6 is 0 Å². The summed E-state index contributed by atoms with van der Waals surface area (Å²) in [4.78, 5) is 0. The molecule has 0 spiro atoms. The van der Waals surface area contributed by atoms with Crippen molar-refractivity contribution in [1.82, 2.24) is 0 Å². The molecule has 1 rings (SSSR count). The van der Waals surface area contributed by atoms with Crippen molar-refractivity contribution in [2.24, 2.45) is 0 Å². The van der Waals surface area contributed by atoms with E-state index in [-0.39, 0.29) is 12.2 Å². The predicted octanol–water partition coefficient (Wildman–Crippen LogP) is 0.827. The second-order valence-electron chi connectivity index (χ2n) is 2.95. The molecule has 0 aromatic carbocycles. The third-order valence-corrected chi connectivity index (χ3v) is 1.50. The number of rotatable bonds is 3. The van der Waals surface area contributed by atoms with E-state index in [1.807, 2.05) is 13.8 Å². The van der Waals surface area contributed by atoms with E-state index in [4.69, 9.17) is 14.2 Å². The van der Waals surface area contributed by atoms with Crippen LogP contribution in [0.5, 0.6) is 0 Å². The molecule has 0 bridgehead atoms. The first-order chi connectivity index (χ1) is 5.29. The van der Waals surface area contributed by atoms with Crippen molar-refractivity contribution in [2.75, 3.05) is 26.4 Å². The zero-order valence-electron chi connectivity index (χ0n) is 7.21. The van der Waals surface area contributed by atoms with Crippen LogP contribution < -0.4 is 0 Å². The molecule has 1 atom stereocenters. The van der Waals surface area contributed by atoms with E-state index in [1.54, 1.807) is 0 Å². The Morgan fingerprint density at radius 2 is 2.27 bits per heavy atom. The molecule has 0 unspecified atom stereocenters. The standard InChI is InChI=1S/C8H16O3/c1-7(2)11-6-8-5-9-3-4-10-8/h7-8H,3-6H2,1-2H3/t8-/m0/s1. The van der Waals surface area contributed by atoms with Gasteiger partial charge in [-0.15, -0.1) is 0 Å². The van der Waals surface area contributed by atoms with Gasteiger partial charge in [0, 0.05) is 0 Å². The van der Waals surface area contributed by atoms with Crippen molar-refractivity contribution in [1.29, 1.82) is 0 Å². The Balaban J connectivity index is 2.05. The lowest BCUT2D eigenvalue weighted by Crippen LogP contribution is -2.33. The molecule has 0 saturated carbocycles. The molecular formula is C8H16O3. The van der Waals surface area contributed by atoms with E-state index in [0.29, 0.717) is 19.8 Å². The van der Waals surface area contributed by atoms with Gasteiger partial charge >= 0.3 is 0 Å². The summed E-state index contributed by atoms with van der Waals surface area (Å²) in [7, 11) is 0. The van der Waals surface area contributed by atoms with Crippen LogP contribution in [0.25, 0.3) is 0 Å². The largest absolute Gasteiger partial charge is 0.376 e. The molecule has 11 heavy (non-hydrogen) atoms. The molecule has 0 radical (unpaired) electrons. The highest BCUT2D eigenvalue weighted by atomic mass is 16.6. The molecule has 1 fully saturated rings. The van der Waals surface area contributed by atoms with Gasteiger partial charge in [0.05, 0.1) is 32.5 Å². The molecule has 3 nitrogen and oxygen atoms in total. The van der Waals surface area contributed by atoms with Gasteiger partial charge < -0.3 is 14.2 Å². The third-order valence-electron chi connectivity index (χ3n) is 1.50. The lowest BCUT2D eigenvalue weighted by Gasteiger charge is -2.23. The summed E-state index contributed by atoms with van der Waals surface area (Å²) in [5.41, 5.74) is 0. The average Bonchev–Trinajstić information content (AvgIpc) is 2.03. The van der Waals surface area contributed by atoms with Crippen LogP contribution in [0, 0.1) is 0 Å². The normalized spacial score (nSPS) is 25.9. The van der Waals surface area contributed by atoms with Crippen molar-refractivity contribution in [3.8, 4) is 0 Å². The average molecular weight is 160 g/mol. The van der Waals surface area contributed by atoms with Crippen LogP contribution in [0.1, 0.15) is 13.8 Å². The predicted molar refractivity (Wildman–Crippen MR) is 41.6 cm³/mol. The van der Waals surface area contributed by atoms with E-state index in [0.717, 1.165) is 6.61 Å². The van der Waals surface area contributed by atoms with Gasteiger partial charge in [-0.05, 0) is 13.8 Å². The van der Waals surface area contributed by atoms with Crippen LogP contribution in [-0.4, -0.2) is 38.6 Å². The van der Waals surface area contributed by atoms with Crippen molar-refractivity contribution < 1.29 is 14.2 Å². The number of ether oxygens (including phenoxy) is 3. The molecule has 0 aromatic rings. The summed E-state index contributed by atoms with van der Waals surface area (Å²) < 4.78 is 16.0. The summed E-state index contributed by atoms with van der Waals surface area (Å²) in [6, 6.07) is 0. The highest BCUT2D eigenvalue weighted by molar-refractivity contribution is 4.59. The maximum Gasteiger partial charge on any atom is 0.104 e. The minimum atomic E-state index is 0.145. The van der Waals surface area contributed by atoms with E-state index >= 15 is 0 Å². The summed E-state index contributed by atoms with van der Waals surface area (Å²) in [5, 5.41) is 0. The fourth-order valence-corrected chi connectivity index (χ4v) is 0.933. The highest BCUT2D eigenvalue weighted by Gasteiger charge is 2.14. The van der Waals surface area contributed by atoms with Crippen LogP contribution in [0.2, 0.25) is 0 Å². The molecule has 0 aromatic heterocycles. The summed E-state index contributed by atoms with van der Waals surface area (Å²) in [6.45, 7) is 6.78. The minimum Gasteiger partial charge on any atom is -0.376 e. The first-order valence-electron chi connectivity index (χ1n) is 4.10. The Bertz CT molecular complexity index is 97.5. The van der Waals surface area contributed by atoms with E-state index in [2.05, 4.69) is 0 Å². The van der Waals surface area contributed by atoms with Crippen LogP contribution in [0.15, 0.2) is 0 Å².